The molecule has 0 aliphatic heterocycles. The Morgan fingerprint density at radius 1 is 1.06 bits per heavy atom. The number of hydrogen-bond donors (Lipinski definition) is 1. The molecule has 1 heterocycles. The van der Waals surface area contributed by atoms with Crippen molar-refractivity contribution in [3.8, 4) is 22.6 Å². The van der Waals surface area contributed by atoms with Gasteiger partial charge in [0.05, 0.1) is 20.0 Å². The van der Waals surface area contributed by atoms with E-state index in [1.165, 1.54) is 19.3 Å². The number of halogens is 2. The molecule has 0 aliphatic carbocycles. The molecule has 0 saturated carbocycles. The van der Waals surface area contributed by atoms with Gasteiger partial charge in [-0.3, -0.25) is 4.79 Å². The number of benzene rings is 3. The fourth-order valence-corrected chi connectivity index (χ4v) is 3.68. The number of fused-ring (bicyclic) bond motifs is 1. The molecule has 0 aliphatic rings. The third kappa shape index (κ3) is 4.78. The molecule has 0 atom stereocenters. The first-order valence-electron chi connectivity index (χ1n) is 10.7. The Morgan fingerprint density at radius 3 is 2.50 bits per heavy atom. The first-order valence-corrected chi connectivity index (χ1v) is 10.7. The minimum Gasteiger partial charge on any atom is -0.496 e. The lowest BCUT2D eigenvalue weighted by Crippen LogP contribution is -2.09. The summed E-state index contributed by atoms with van der Waals surface area (Å²) in [6, 6.07) is 14.6. The van der Waals surface area contributed by atoms with Crippen LogP contribution in [0.15, 0.2) is 71.4 Å². The number of carbonyl (C=O) groups excluding carboxylic acids is 1. The minimum absolute atomic E-state index is 0.156. The molecule has 4 rings (SSSR count). The fraction of sp³-hybridized carbons (Fsp3) is 0.148. The van der Waals surface area contributed by atoms with Gasteiger partial charge in [0.2, 0.25) is 5.91 Å². The predicted octanol–water partition coefficient (Wildman–Crippen LogP) is 6.83. The van der Waals surface area contributed by atoms with Crippen molar-refractivity contribution < 1.29 is 27.5 Å². The van der Waals surface area contributed by atoms with Crippen LogP contribution in [0.4, 0.5) is 14.5 Å². The second-order valence-electron chi connectivity index (χ2n) is 7.60. The quantitative estimate of drug-likeness (QED) is 0.305. The summed E-state index contributed by atoms with van der Waals surface area (Å²) in [5, 5.41) is 3.40. The molecule has 7 heteroatoms. The van der Waals surface area contributed by atoms with Crippen LogP contribution in [0.2, 0.25) is 0 Å². The first kappa shape index (κ1) is 23.0. The summed E-state index contributed by atoms with van der Waals surface area (Å²) in [6.45, 7) is 4.29. The van der Waals surface area contributed by atoms with Gasteiger partial charge in [-0.15, -0.1) is 0 Å². The summed E-state index contributed by atoms with van der Waals surface area (Å²) in [5.41, 5.74) is 3.96. The van der Waals surface area contributed by atoms with E-state index in [1.807, 2.05) is 37.3 Å². The summed E-state index contributed by atoms with van der Waals surface area (Å²) >= 11 is 0. The maximum absolute atomic E-state index is 13.4. The van der Waals surface area contributed by atoms with E-state index in [0.717, 1.165) is 34.4 Å². The summed E-state index contributed by atoms with van der Waals surface area (Å²) in [4.78, 5) is 12.5. The summed E-state index contributed by atoms with van der Waals surface area (Å²) in [6.07, 6.45) is 3.06. The van der Waals surface area contributed by atoms with Crippen LogP contribution in [-0.2, 0) is 4.79 Å². The van der Waals surface area contributed by atoms with Crippen molar-refractivity contribution in [2.75, 3.05) is 19.0 Å². The molecule has 0 radical (unpaired) electrons. The third-order valence-electron chi connectivity index (χ3n) is 5.33. The number of rotatable bonds is 7. The number of anilines is 1. The zero-order chi connectivity index (χ0) is 24.2. The lowest BCUT2D eigenvalue weighted by molar-refractivity contribution is -0.111. The molecule has 3 aromatic carbocycles. The lowest BCUT2D eigenvalue weighted by Gasteiger charge is -2.10. The zero-order valence-corrected chi connectivity index (χ0v) is 18.9. The van der Waals surface area contributed by atoms with Gasteiger partial charge >= 0.3 is 0 Å². The Bertz CT molecular complexity index is 1370. The van der Waals surface area contributed by atoms with E-state index >= 15 is 0 Å². The second kappa shape index (κ2) is 9.79. The molecule has 174 valence electrons. The van der Waals surface area contributed by atoms with E-state index in [2.05, 4.69) is 5.32 Å². The van der Waals surface area contributed by atoms with Crippen LogP contribution in [0.1, 0.15) is 19.4 Å². The monoisotopic (exact) mass is 463 g/mol. The molecule has 4 aromatic rings. The van der Waals surface area contributed by atoms with Gasteiger partial charge in [0.15, 0.2) is 11.6 Å². The average Bonchev–Trinajstić information content (AvgIpc) is 3.24. The maximum atomic E-state index is 13.4. The number of amides is 1. The van der Waals surface area contributed by atoms with Crippen molar-refractivity contribution in [2.45, 2.75) is 13.8 Å². The summed E-state index contributed by atoms with van der Waals surface area (Å²) in [7, 11) is 1.54. The van der Waals surface area contributed by atoms with Crippen molar-refractivity contribution in [3.63, 3.8) is 0 Å². The first-order chi connectivity index (χ1) is 16.4. The van der Waals surface area contributed by atoms with Crippen molar-refractivity contribution in [2.24, 2.45) is 0 Å². The smallest absolute Gasteiger partial charge is 0.248 e. The molecule has 0 unspecified atom stereocenters. The Hall–Kier alpha value is -4.13. The normalized spacial score (nSPS) is 11.5. The molecule has 0 saturated heterocycles. The third-order valence-corrected chi connectivity index (χ3v) is 5.33. The molecule has 1 aromatic heterocycles. The zero-order valence-electron chi connectivity index (χ0n) is 18.9. The van der Waals surface area contributed by atoms with Crippen molar-refractivity contribution in [1.82, 2.24) is 0 Å². The van der Waals surface area contributed by atoms with Crippen LogP contribution in [0.3, 0.4) is 0 Å². The highest BCUT2D eigenvalue weighted by Crippen LogP contribution is 2.37. The topological polar surface area (TPSA) is 60.7 Å². The predicted molar refractivity (Wildman–Crippen MR) is 128 cm³/mol. The van der Waals surface area contributed by atoms with Crippen molar-refractivity contribution >= 4 is 28.1 Å². The van der Waals surface area contributed by atoms with Gasteiger partial charge in [0.1, 0.15) is 17.1 Å². The van der Waals surface area contributed by atoms with Crippen LogP contribution in [0, 0.1) is 11.6 Å². The number of ether oxygens (including phenoxy) is 2. The van der Waals surface area contributed by atoms with Gasteiger partial charge in [0, 0.05) is 40.4 Å². The van der Waals surface area contributed by atoms with Crippen LogP contribution >= 0.6 is 0 Å². The second-order valence-corrected chi connectivity index (χ2v) is 7.60. The molecular formula is C27H23F2NO4. The molecule has 5 nitrogen and oxygen atoms in total. The van der Waals surface area contributed by atoms with E-state index < -0.39 is 17.5 Å². The number of nitrogens with one attached hydrogen (secondary N) is 1. The number of carbonyl (C=O) groups is 1. The van der Waals surface area contributed by atoms with E-state index in [1.54, 1.807) is 19.3 Å². The highest BCUT2D eigenvalue weighted by molar-refractivity contribution is 6.05. The average molecular weight is 463 g/mol. The Morgan fingerprint density at radius 2 is 1.82 bits per heavy atom. The highest BCUT2D eigenvalue weighted by atomic mass is 19.2. The van der Waals surface area contributed by atoms with E-state index in [9.17, 15) is 13.6 Å². The van der Waals surface area contributed by atoms with Gasteiger partial charge in [-0.2, -0.15) is 0 Å². The Balaban J connectivity index is 1.67. The SMILES string of the molecule is CCOc1ccc(-c2coc3cc(OC)c(/C(C)=C/C(=O)Nc4ccc(F)c(F)c4)cc23)cc1. The lowest BCUT2D eigenvalue weighted by atomic mass is 9.99. The molecule has 0 fully saturated rings. The number of hydrogen-bond acceptors (Lipinski definition) is 4. The maximum Gasteiger partial charge on any atom is 0.248 e. The Kier molecular flexibility index (Phi) is 6.63. The van der Waals surface area contributed by atoms with E-state index in [-0.39, 0.29) is 5.69 Å². The minimum atomic E-state index is -1.03. The number of furan rings is 1. The Labute approximate surface area is 195 Å². The highest BCUT2D eigenvalue weighted by Gasteiger charge is 2.15. The standard InChI is InChI=1S/C27H23F2NO4/c1-4-33-19-8-5-17(6-9-19)22-15-34-26-14-25(32-3)20(13-21(22)26)16(2)11-27(31)30-18-7-10-23(28)24(29)12-18/h5-15H,4H2,1-3H3,(H,30,31)/b16-11+. The van der Waals surface area contributed by atoms with E-state index in [0.29, 0.717) is 29.1 Å². The van der Waals surface area contributed by atoms with Crippen molar-refractivity contribution in [3.05, 3.63) is 84.1 Å². The van der Waals surface area contributed by atoms with Crippen molar-refractivity contribution in [1.29, 1.82) is 0 Å². The van der Waals surface area contributed by atoms with Gasteiger partial charge in [-0.25, -0.2) is 8.78 Å². The molecule has 0 bridgehead atoms. The number of methoxy groups -OCH3 is 1. The van der Waals surface area contributed by atoms with E-state index in [4.69, 9.17) is 13.9 Å². The van der Waals surface area contributed by atoms with Gasteiger partial charge in [-0.05, 0) is 55.3 Å². The molecule has 1 amide bonds. The largest absolute Gasteiger partial charge is 0.496 e. The van der Waals surface area contributed by atoms with Crippen LogP contribution < -0.4 is 14.8 Å². The molecular weight excluding hydrogens is 440 g/mol. The van der Waals surface area contributed by atoms with Gasteiger partial charge < -0.3 is 19.2 Å². The van der Waals surface area contributed by atoms with Crippen LogP contribution in [0.5, 0.6) is 11.5 Å². The summed E-state index contributed by atoms with van der Waals surface area (Å²) in [5.74, 6) is -1.18. The molecule has 1 N–H and O–H groups in total. The van der Waals surface area contributed by atoms with Gasteiger partial charge in [-0.1, -0.05) is 12.1 Å². The molecule has 0 spiro atoms. The van der Waals surface area contributed by atoms with Crippen LogP contribution in [-0.4, -0.2) is 19.6 Å². The van der Waals surface area contributed by atoms with Gasteiger partial charge in [0.25, 0.3) is 0 Å². The number of allylic oxidation sites excluding steroid dienone is 1. The molecule has 34 heavy (non-hydrogen) atoms. The summed E-state index contributed by atoms with van der Waals surface area (Å²) < 4.78 is 43.4. The van der Waals surface area contributed by atoms with Crippen LogP contribution in [0.25, 0.3) is 27.7 Å². The fourth-order valence-electron chi connectivity index (χ4n) is 3.68.